The number of ether oxygens (including phenoxy) is 1. The molecular formula is C25H26N4O2. The number of fused-ring (bicyclic) bond motifs is 1. The van der Waals surface area contributed by atoms with Crippen LogP contribution in [0, 0.1) is 0 Å². The summed E-state index contributed by atoms with van der Waals surface area (Å²) in [5, 5.41) is 2.97. The quantitative estimate of drug-likeness (QED) is 0.428. The first kappa shape index (κ1) is 20.5. The van der Waals surface area contributed by atoms with Gasteiger partial charge in [0, 0.05) is 35.6 Å². The Morgan fingerprint density at radius 1 is 1.00 bits per heavy atom. The fourth-order valence-electron chi connectivity index (χ4n) is 3.58. The van der Waals surface area contributed by atoms with Gasteiger partial charge < -0.3 is 19.9 Å². The van der Waals surface area contributed by atoms with Gasteiger partial charge in [-0.05, 0) is 80.6 Å². The van der Waals surface area contributed by atoms with E-state index in [2.05, 4.69) is 34.0 Å². The van der Waals surface area contributed by atoms with Gasteiger partial charge in [-0.15, -0.1) is 0 Å². The lowest BCUT2D eigenvalue weighted by atomic mass is 10.1. The van der Waals surface area contributed by atoms with Crippen LogP contribution < -0.4 is 15.0 Å². The minimum Gasteiger partial charge on any atom is -0.497 e. The van der Waals surface area contributed by atoms with E-state index in [1.165, 1.54) is 0 Å². The molecule has 0 unspecified atom stereocenters. The van der Waals surface area contributed by atoms with E-state index in [9.17, 15) is 4.79 Å². The number of imidazole rings is 1. The fraction of sp³-hybridized carbons (Fsp3) is 0.200. The Hall–Kier alpha value is -3.80. The largest absolute Gasteiger partial charge is 0.497 e. The normalized spacial score (nSPS) is 10.8. The van der Waals surface area contributed by atoms with Crippen LogP contribution in [0.15, 0.2) is 66.7 Å². The summed E-state index contributed by atoms with van der Waals surface area (Å²) < 4.78 is 5.21. The van der Waals surface area contributed by atoms with Crippen molar-refractivity contribution in [1.82, 2.24) is 9.97 Å². The average Bonchev–Trinajstić information content (AvgIpc) is 3.24. The maximum atomic E-state index is 12.7. The SMILES string of the molecule is CCN(CC)c1ccc(C(=O)Nc2ccc3[nH]c(-c4ccc(OC)cc4)nc3c2)cc1. The number of aromatic nitrogens is 2. The molecule has 1 heterocycles. The zero-order valence-electron chi connectivity index (χ0n) is 18.0. The van der Waals surface area contributed by atoms with Crippen molar-refractivity contribution in [1.29, 1.82) is 0 Å². The van der Waals surface area contributed by atoms with Crippen molar-refractivity contribution in [2.45, 2.75) is 13.8 Å². The number of H-pyrrole nitrogens is 1. The number of nitrogens with one attached hydrogen (secondary N) is 2. The Morgan fingerprint density at radius 2 is 1.71 bits per heavy atom. The van der Waals surface area contributed by atoms with E-state index in [-0.39, 0.29) is 5.91 Å². The fourth-order valence-corrected chi connectivity index (χ4v) is 3.58. The highest BCUT2D eigenvalue weighted by Gasteiger charge is 2.10. The monoisotopic (exact) mass is 414 g/mol. The molecule has 2 N–H and O–H groups in total. The van der Waals surface area contributed by atoms with Crippen LogP contribution in [0.25, 0.3) is 22.4 Å². The predicted octanol–water partition coefficient (Wildman–Crippen LogP) is 5.34. The van der Waals surface area contributed by atoms with Crippen LogP contribution in [0.4, 0.5) is 11.4 Å². The number of hydrogen-bond acceptors (Lipinski definition) is 4. The van der Waals surface area contributed by atoms with Gasteiger partial charge in [0.25, 0.3) is 5.91 Å². The average molecular weight is 415 g/mol. The van der Waals surface area contributed by atoms with Crippen LogP contribution >= 0.6 is 0 Å². The Labute approximate surface area is 181 Å². The molecule has 0 radical (unpaired) electrons. The summed E-state index contributed by atoms with van der Waals surface area (Å²) >= 11 is 0. The standard InChI is InChI=1S/C25H26N4O2/c1-4-29(5-2)20-11-6-18(7-12-20)25(30)26-19-10-15-22-23(16-19)28-24(27-22)17-8-13-21(31-3)14-9-17/h6-16H,4-5H2,1-3H3,(H,26,30)(H,27,28). The molecule has 0 aliphatic rings. The van der Waals surface area contributed by atoms with Gasteiger partial charge in [0.15, 0.2) is 0 Å². The van der Waals surface area contributed by atoms with Crippen LogP contribution in [0.3, 0.4) is 0 Å². The van der Waals surface area contributed by atoms with Crippen LogP contribution in [0.2, 0.25) is 0 Å². The van der Waals surface area contributed by atoms with E-state index in [4.69, 9.17) is 4.74 Å². The van der Waals surface area contributed by atoms with Gasteiger partial charge in [0.1, 0.15) is 11.6 Å². The molecule has 1 amide bonds. The number of rotatable bonds is 7. The summed E-state index contributed by atoms with van der Waals surface area (Å²) in [6.45, 7) is 6.11. The molecule has 0 fully saturated rings. The van der Waals surface area contributed by atoms with Gasteiger partial charge in [-0.3, -0.25) is 4.79 Å². The molecule has 6 nitrogen and oxygen atoms in total. The van der Waals surface area contributed by atoms with Crippen LogP contribution in [-0.2, 0) is 0 Å². The second-order valence-corrected chi connectivity index (χ2v) is 7.22. The molecule has 0 spiro atoms. The first-order valence-electron chi connectivity index (χ1n) is 10.4. The van der Waals surface area contributed by atoms with Gasteiger partial charge in [-0.25, -0.2) is 4.98 Å². The first-order valence-corrected chi connectivity index (χ1v) is 10.4. The lowest BCUT2D eigenvalue weighted by Crippen LogP contribution is -2.21. The highest BCUT2D eigenvalue weighted by atomic mass is 16.5. The molecule has 6 heteroatoms. The smallest absolute Gasteiger partial charge is 0.255 e. The molecule has 4 rings (SSSR count). The molecule has 158 valence electrons. The van der Waals surface area contributed by atoms with Gasteiger partial charge in [-0.1, -0.05) is 0 Å². The van der Waals surface area contributed by atoms with Crippen molar-refractivity contribution in [3.8, 4) is 17.1 Å². The number of carbonyl (C=O) groups is 1. The summed E-state index contributed by atoms with van der Waals surface area (Å²) in [4.78, 5) is 22.9. The Morgan fingerprint density at radius 3 is 2.35 bits per heavy atom. The molecule has 4 aromatic rings. The van der Waals surface area contributed by atoms with Gasteiger partial charge in [0.2, 0.25) is 0 Å². The molecule has 0 bridgehead atoms. The third-order valence-electron chi connectivity index (χ3n) is 5.36. The number of carbonyl (C=O) groups excluding carboxylic acids is 1. The van der Waals surface area contributed by atoms with E-state index in [1.54, 1.807) is 7.11 Å². The summed E-state index contributed by atoms with van der Waals surface area (Å²) in [5.41, 5.74) is 5.12. The molecule has 31 heavy (non-hydrogen) atoms. The van der Waals surface area contributed by atoms with Crippen molar-refractivity contribution < 1.29 is 9.53 Å². The summed E-state index contributed by atoms with van der Waals surface area (Å²) in [5.74, 6) is 1.43. The molecule has 0 saturated carbocycles. The zero-order chi connectivity index (χ0) is 21.8. The Bertz CT molecular complexity index is 1180. The zero-order valence-corrected chi connectivity index (χ0v) is 18.0. The number of aromatic amines is 1. The van der Waals surface area contributed by atoms with Crippen LogP contribution in [0.5, 0.6) is 5.75 Å². The minimum absolute atomic E-state index is 0.142. The van der Waals surface area contributed by atoms with Crippen LogP contribution in [-0.4, -0.2) is 36.1 Å². The second kappa shape index (κ2) is 8.92. The van der Waals surface area contributed by atoms with Gasteiger partial charge in [-0.2, -0.15) is 0 Å². The summed E-state index contributed by atoms with van der Waals surface area (Å²) in [6, 6.07) is 21.1. The Kier molecular flexibility index (Phi) is 5.89. The summed E-state index contributed by atoms with van der Waals surface area (Å²) in [7, 11) is 1.64. The topological polar surface area (TPSA) is 70.2 Å². The maximum absolute atomic E-state index is 12.7. The molecule has 0 aliphatic carbocycles. The van der Waals surface area contributed by atoms with E-state index < -0.39 is 0 Å². The predicted molar refractivity (Wildman–Crippen MR) is 126 cm³/mol. The third-order valence-corrected chi connectivity index (χ3v) is 5.36. The number of anilines is 2. The molecule has 0 atom stereocenters. The van der Waals surface area contributed by atoms with Gasteiger partial charge >= 0.3 is 0 Å². The lowest BCUT2D eigenvalue weighted by molar-refractivity contribution is 0.102. The molecular weight excluding hydrogens is 388 g/mol. The number of amides is 1. The Balaban J connectivity index is 1.51. The number of benzene rings is 3. The van der Waals surface area contributed by atoms with Crippen molar-refractivity contribution >= 4 is 28.3 Å². The first-order chi connectivity index (χ1) is 15.1. The van der Waals surface area contributed by atoms with Crippen LogP contribution in [0.1, 0.15) is 24.2 Å². The van der Waals surface area contributed by atoms with E-state index in [0.29, 0.717) is 11.3 Å². The molecule has 0 aliphatic heterocycles. The van der Waals surface area contributed by atoms with E-state index in [0.717, 1.165) is 46.9 Å². The lowest BCUT2D eigenvalue weighted by Gasteiger charge is -2.21. The molecule has 3 aromatic carbocycles. The highest BCUT2D eigenvalue weighted by molar-refractivity contribution is 6.05. The summed E-state index contributed by atoms with van der Waals surface area (Å²) in [6.07, 6.45) is 0. The number of nitrogens with zero attached hydrogens (tertiary/aromatic N) is 2. The second-order valence-electron chi connectivity index (χ2n) is 7.22. The van der Waals surface area contributed by atoms with Crippen molar-refractivity contribution in [2.75, 3.05) is 30.4 Å². The molecule has 0 saturated heterocycles. The van der Waals surface area contributed by atoms with E-state index >= 15 is 0 Å². The molecule has 1 aromatic heterocycles. The van der Waals surface area contributed by atoms with Crippen molar-refractivity contribution in [3.63, 3.8) is 0 Å². The van der Waals surface area contributed by atoms with Crippen molar-refractivity contribution in [2.24, 2.45) is 0 Å². The number of hydrogen-bond donors (Lipinski definition) is 2. The van der Waals surface area contributed by atoms with Crippen molar-refractivity contribution in [3.05, 3.63) is 72.3 Å². The van der Waals surface area contributed by atoms with Gasteiger partial charge in [0.05, 0.1) is 18.1 Å². The third kappa shape index (κ3) is 4.38. The minimum atomic E-state index is -0.142. The van der Waals surface area contributed by atoms with E-state index in [1.807, 2.05) is 66.7 Å². The number of methoxy groups -OCH3 is 1. The highest BCUT2D eigenvalue weighted by Crippen LogP contribution is 2.25. The maximum Gasteiger partial charge on any atom is 0.255 e.